The van der Waals surface area contributed by atoms with Gasteiger partial charge in [-0.3, -0.25) is 9.78 Å². The van der Waals surface area contributed by atoms with Gasteiger partial charge in [0.15, 0.2) is 5.75 Å². The number of pyridine rings is 1. The number of nitriles is 1. The second-order valence-electron chi connectivity index (χ2n) is 7.37. The Morgan fingerprint density at radius 1 is 1.29 bits per heavy atom. The van der Waals surface area contributed by atoms with Crippen LogP contribution in [0.25, 0.3) is 5.69 Å². The summed E-state index contributed by atoms with van der Waals surface area (Å²) >= 11 is 0. The van der Waals surface area contributed by atoms with Gasteiger partial charge in [-0.05, 0) is 26.0 Å². The summed E-state index contributed by atoms with van der Waals surface area (Å²) in [6.07, 6.45) is 4.23. The Kier molecular flexibility index (Phi) is 5.29. The van der Waals surface area contributed by atoms with E-state index in [4.69, 9.17) is 9.47 Å². The maximum atomic E-state index is 13.5. The van der Waals surface area contributed by atoms with E-state index in [0.29, 0.717) is 23.7 Å². The van der Waals surface area contributed by atoms with Gasteiger partial charge in [0.1, 0.15) is 23.2 Å². The van der Waals surface area contributed by atoms with Gasteiger partial charge in [-0.15, -0.1) is 0 Å². The van der Waals surface area contributed by atoms with Crippen LogP contribution in [-0.4, -0.2) is 38.8 Å². The number of carbonyl (C=O) groups excluding carboxylic acids is 1. The second-order valence-corrected chi connectivity index (χ2v) is 7.37. The molecule has 1 aliphatic rings. The largest absolute Gasteiger partial charge is 0.494 e. The van der Waals surface area contributed by atoms with Crippen LogP contribution in [0, 0.1) is 17.1 Å². The van der Waals surface area contributed by atoms with Crippen molar-refractivity contribution in [2.75, 3.05) is 7.11 Å². The summed E-state index contributed by atoms with van der Waals surface area (Å²) in [5.74, 6) is -0.226. The molecule has 3 aromatic rings. The number of nitrogens with zero attached hydrogens (tertiary/aromatic N) is 5. The minimum Gasteiger partial charge on any atom is -0.494 e. The number of carbonyl (C=O) groups is 1. The molecule has 31 heavy (non-hydrogen) atoms. The standard InChI is InChI=1S/C22H20FN5O3/c1-13(2)31-19-5-4-14(7-24)21(30-3)20(19)22(29)27-10-15-11-28(26-18(15)12-27)17-6-16(23)8-25-9-17/h4-6,8-9,11,13H,10,12H2,1-3H3. The molecular formula is C22H20FN5O3. The molecule has 0 fully saturated rings. The van der Waals surface area contributed by atoms with Crippen LogP contribution < -0.4 is 9.47 Å². The lowest BCUT2D eigenvalue weighted by Gasteiger charge is -2.21. The van der Waals surface area contributed by atoms with Crippen LogP contribution in [0.15, 0.2) is 36.8 Å². The van der Waals surface area contributed by atoms with Crippen LogP contribution in [0.5, 0.6) is 11.5 Å². The van der Waals surface area contributed by atoms with E-state index in [-0.39, 0.29) is 35.4 Å². The first kappa shape index (κ1) is 20.3. The molecular weight excluding hydrogens is 401 g/mol. The number of fused-ring (bicyclic) bond motifs is 1. The van der Waals surface area contributed by atoms with Gasteiger partial charge >= 0.3 is 0 Å². The van der Waals surface area contributed by atoms with Crippen LogP contribution in [0.1, 0.15) is 41.0 Å². The zero-order chi connectivity index (χ0) is 22.1. The molecule has 4 rings (SSSR count). The highest BCUT2D eigenvalue weighted by molar-refractivity contribution is 6.00. The number of benzene rings is 1. The Morgan fingerprint density at radius 2 is 2.10 bits per heavy atom. The van der Waals surface area contributed by atoms with Gasteiger partial charge < -0.3 is 14.4 Å². The van der Waals surface area contributed by atoms with E-state index in [1.165, 1.54) is 19.4 Å². The number of aromatic nitrogens is 3. The predicted octanol–water partition coefficient (Wildman–Crippen LogP) is 3.23. The summed E-state index contributed by atoms with van der Waals surface area (Å²) in [7, 11) is 1.42. The molecule has 0 bridgehead atoms. The van der Waals surface area contributed by atoms with Crippen molar-refractivity contribution in [2.45, 2.75) is 33.0 Å². The maximum absolute atomic E-state index is 13.5. The normalized spacial score (nSPS) is 12.6. The molecule has 0 spiro atoms. The van der Waals surface area contributed by atoms with Gasteiger partial charge in [-0.2, -0.15) is 10.4 Å². The SMILES string of the molecule is COc1c(C#N)ccc(OC(C)C)c1C(=O)N1Cc2cn(-c3cncc(F)c3)nc2C1. The molecule has 0 saturated heterocycles. The fourth-order valence-electron chi connectivity index (χ4n) is 3.53. The molecule has 8 nitrogen and oxygen atoms in total. The molecule has 0 radical (unpaired) electrons. The molecule has 0 unspecified atom stereocenters. The van der Waals surface area contributed by atoms with E-state index >= 15 is 0 Å². The first-order valence-electron chi connectivity index (χ1n) is 9.66. The highest BCUT2D eigenvalue weighted by atomic mass is 19.1. The van der Waals surface area contributed by atoms with E-state index < -0.39 is 5.82 Å². The molecule has 0 aliphatic carbocycles. The summed E-state index contributed by atoms with van der Waals surface area (Å²) < 4.78 is 26.2. The molecule has 0 saturated carbocycles. The average molecular weight is 421 g/mol. The van der Waals surface area contributed by atoms with E-state index in [0.717, 1.165) is 11.8 Å². The third-order valence-corrected chi connectivity index (χ3v) is 4.84. The number of hydrogen-bond acceptors (Lipinski definition) is 6. The Hall–Kier alpha value is -3.93. The lowest BCUT2D eigenvalue weighted by atomic mass is 10.1. The van der Waals surface area contributed by atoms with Crippen molar-refractivity contribution in [2.24, 2.45) is 0 Å². The fourth-order valence-corrected chi connectivity index (χ4v) is 3.53. The van der Waals surface area contributed by atoms with Gasteiger partial charge in [-0.1, -0.05) is 0 Å². The zero-order valence-electron chi connectivity index (χ0n) is 17.3. The number of methoxy groups -OCH3 is 1. The van der Waals surface area contributed by atoms with Crippen molar-refractivity contribution < 1.29 is 18.7 Å². The minimum atomic E-state index is -0.452. The summed E-state index contributed by atoms with van der Waals surface area (Å²) in [5, 5.41) is 13.9. The van der Waals surface area contributed by atoms with Gasteiger partial charge in [-0.25, -0.2) is 9.07 Å². The summed E-state index contributed by atoms with van der Waals surface area (Å²) in [6, 6.07) is 6.58. The third kappa shape index (κ3) is 3.80. The monoisotopic (exact) mass is 421 g/mol. The van der Waals surface area contributed by atoms with E-state index in [1.807, 2.05) is 13.8 Å². The van der Waals surface area contributed by atoms with Crippen molar-refractivity contribution in [3.05, 3.63) is 65.0 Å². The number of amides is 1. The number of hydrogen-bond donors (Lipinski definition) is 0. The molecule has 1 aliphatic heterocycles. The highest BCUT2D eigenvalue weighted by Gasteiger charge is 2.32. The molecule has 2 aromatic heterocycles. The van der Waals surface area contributed by atoms with Gasteiger partial charge in [0.25, 0.3) is 5.91 Å². The molecule has 9 heteroatoms. The summed E-state index contributed by atoms with van der Waals surface area (Å²) in [5.41, 5.74) is 2.52. The average Bonchev–Trinajstić information content (AvgIpc) is 3.32. The van der Waals surface area contributed by atoms with Crippen molar-refractivity contribution in [1.82, 2.24) is 19.7 Å². The Balaban J connectivity index is 1.64. The first-order chi connectivity index (χ1) is 14.9. The van der Waals surface area contributed by atoms with E-state index in [2.05, 4.69) is 16.2 Å². The molecule has 158 valence electrons. The minimum absolute atomic E-state index is 0.164. The molecule has 0 atom stereocenters. The Morgan fingerprint density at radius 3 is 2.74 bits per heavy atom. The maximum Gasteiger partial charge on any atom is 0.262 e. The van der Waals surface area contributed by atoms with Gasteiger partial charge in [0.05, 0.1) is 49.1 Å². The smallest absolute Gasteiger partial charge is 0.262 e. The van der Waals surface area contributed by atoms with Crippen LogP contribution >= 0.6 is 0 Å². The van der Waals surface area contributed by atoms with Crippen LogP contribution in [0.3, 0.4) is 0 Å². The third-order valence-electron chi connectivity index (χ3n) is 4.84. The Labute approximate surface area is 178 Å². The second kappa shape index (κ2) is 8.07. The first-order valence-corrected chi connectivity index (χ1v) is 9.66. The molecule has 3 heterocycles. The van der Waals surface area contributed by atoms with Crippen molar-refractivity contribution in [1.29, 1.82) is 5.26 Å². The summed E-state index contributed by atoms with van der Waals surface area (Å²) in [6.45, 7) is 4.30. The molecule has 1 amide bonds. The number of rotatable bonds is 5. The lowest BCUT2D eigenvalue weighted by Crippen LogP contribution is -2.27. The van der Waals surface area contributed by atoms with E-state index in [9.17, 15) is 14.4 Å². The topological polar surface area (TPSA) is 93.3 Å². The highest BCUT2D eigenvalue weighted by Crippen LogP contribution is 2.36. The quantitative estimate of drug-likeness (QED) is 0.628. The number of halogens is 1. The molecule has 1 aromatic carbocycles. The van der Waals surface area contributed by atoms with Gasteiger partial charge in [0.2, 0.25) is 0 Å². The van der Waals surface area contributed by atoms with Crippen LogP contribution in [0.4, 0.5) is 4.39 Å². The summed E-state index contributed by atoms with van der Waals surface area (Å²) in [4.78, 5) is 18.9. The number of ether oxygens (including phenoxy) is 2. The van der Waals surface area contributed by atoms with Crippen molar-refractivity contribution in [3.8, 4) is 23.3 Å². The molecule has 0 N–H and O–H groups in total. The van der Waals surface area contributed by atoms with Crippen LogP contribution in [-0.2, 0) is 13.1 Å². The van der Waals surface area contributed by atoms with Crippen LogP contribution in [0.2, 0.25) is 0 Å². The van der Waals surface area contributed by atoms with Crippen molar-refractivity contribution >= 4 is 5.91 Å². The van der Waals surface area contributed by atoms with Crippen molar-refractivity contribution in [3.63, 3.8) is 0 Å². The predicted molar refractivity (Wildman–Crippen MR) is 108 cm³/mol. The zero-order valence-corrected chi connectivity index (χ0v) is 17.3. The fraction of sp³-hybridized carbons (Fsp3) is 0.273. The Bertz CT molecular complexity index is 1170. The van der Waals surface area contributed by atoms with Gasteiger partial charge in [0, 0.05) is 24.4 Å². The van der Waals surface area contributed by atoms with E-state index in [1.54, 1.807) is 27.9 Å². The lowest BCUT2D eigenvalue weighted by molar-refractivity contribution is 0.0739.